The molecule has 1 aliphatic carbocycles. The van der Waals surface area contributed by atoms with Crippen molar-refractivity contribution in [1.82, 2.24) is 14.8 Å². The van der Waals surface area contributed by atoms with Gasteiger partial charge in [-0.05, 0) is 61.1 Å². The van der Waals surface area contributed by atoms with Crippen LogP contribution < -0.4 is 5.32 Å². The van der Waals surface area contributed by atoms with Crippen molar-refractivity contribution in [3.8, 4) is 0 Å². The summed E-state index contributed by atoms with van der Waals surface area (Å²) in [7, 11) is 2.00. The van der Waals surface area contributed by atoms with Gasteiger partial charge < -0.3 is 9.88 Å². The summed E-state index contributed by atoms with van der Waals surface area (Å²) in [5.41, 5.74) is 4.67. The minimum absolute atomic E-state index is 0.0177. The Balaban J connectivity index is 1.41. The van der Waals surface area contributed by atoms with E-state index in [9.17, 15) is 4.79 Å². The SMILES string of the molecule is Cn1cccc1CNC(=O)c1ccc2c(c1)CCN(C1CCC1)CC2. The Morgan fingerprint density at radius 3 is 2.64 bits per heavy atom. The van der Waals surface area contributed by atoms with Crippen LogP contribution in [0.15, 0.2) is 36.5 Å². The molecule has 25 heavy (non-hydrogen) atoms. The molecule has 0 atom stereocenters. The summed E-state index contributed by atoms with van der Waals surface area (Å²) in [6.07, 6.45) is 8.28. The van der Waals surface area contributed by atoms with Gasteiger partial charge in [-0.15, -0.1) is 0 Å². The lowest BCUT2D eigenvalue weighted by Crippen LogP contribution is -2.41. The Kier molecular flexibility index (Phi) is 4.62. The van der Waals surface area contributed by atoms with Crippen LogP contribution in [0, 0.1) is 0 Å². The third-order valence-corrected chi connectivity index (χ3v) is 5.88. The van der Waals surface area contributed by atoms with Gasteiger partial charge in [-0.25, -0.2) is 0 Å². The minimum Gasteiger partial charge on any atom is -0.353 e. The molecule has 2 aliphatic rings. The number of rotatable bonds is 4. The lowest BCUT2D eigenvalue weighted by molar-refractivity contribution is 0.0950. The van der Waals surface area contributed by atoms with Crippen molar-refractivity contribution >= 4 is 5.91 Å². The Bertz CT molecular complexity index is 760. The molecule has 1 fully saturated rings. The van der Waals surface area contributed by atoms with Crippen molar-refractivity contribution in [1.29, 1.82) is 0 Å². The molecule has 132 valence electrons. The topological polar surface area (TPSA) is 37.3 Å². The Morgan fingerprint density at radius 1 is 1.16 bits per heavy atom. The fourth-order valence-electron chi connectivity index (χ4n) is 3.95. The second-order valence-corrected chi connectivity index (χ2v) is 7.40. The van der Waals surface area contributed by atoms with Gasteiger partial charge in [0.25, 0.3) is 5.91 Å². The summed E-state index contributed by atoms with van der Waals surface area (Å²) in [5, 5.41) is 3.04. The van der Waals surface area contributed by atoms with Gasteiger partial charge >= 0.3 is 0 Å². The highest BCUT2D eigenvalue weighted by atomic mass is 16.1. The van der Waals surface area contributed by atoms with Gasteiger partial charge in [0.2, 0.25) is 0 Å². The maximum Gasteiger partial charge on any atom is 0.251 e. The van der Waals surface area contributed by atoms with Crippen LogP contribution in [0.2, 0.25) is 0 Å². The van der Waals surface area contributed by atoms with Crippen molar-refractivity contribution in [3.63, 3.8) is 0 Å². The molecule has 1 N–H and O–H groups in total. The average Bonchev–Trinajstić information content (AvgIpc) is 2.87. The normalized spacial score (nSPS) is 18.3. The summed E-state index contributed by atoms with van der Waals surface area (Å²) in [6, 6.07) is 11.1. The number of nitrogens with one attached hydrogen (secondary N) is 1. The van der Waals surface area contributed by atoms with Gasteiger partial charge in [-0.3, -0.25) is 9.69 Å². The number of carbonyl (C=O) groups is 1. The first-order valence-electron chi connectivity index (χ1n) is 9.45. The number of benzene rings is 1. The summed E-state index contributed by atoms with van der Waals surface area (Å²) in [5.74, 6) is 0.0177. The van der Waals surface area contributed by atoms with Crippen molar-refractivity contribution < 1.29 is 4.79 Å². The van der Waals surface area contributed by atoms with E-state index in [0.717, 1.165) is 43.2 Å². The molecule has 4 rings (SSSR count). The van der Waals surface area contributed by atoms with E-state index in [1.807, 2.05) is 36.0 Å². The first-order valence-corrected chi connectivity index (χ1v) is 9.45. The zero-order chi connectivity index (χ0) is 17.2. The van der Waals surface area contributed by atoms with Crippen LogP contribution in [-0.4, -0.2) is 34.5 Å². The Morgan fingerprint density at radius 2 is 1.96 bits per heavy atom. The first kappa shape index (κ1) is 16.4. The zero-order valence-electron chi connectivity index (χ0n) is 15.0. The molecule has 2 heterocycles. The highest BCUT2D eigenvalue weighted by molar-refractivity contribution is 5.94. The maximum absolute atomic E-state index is 12.5. The van der Waals surface area contributed by atoms with Crippen molar-refractivity contribution in [2.75, 3.05) is 13.1 Å². The van der Waals surface area contributed by atoms with Gasteiger partial charge in [0, 0.05) is 43.6 Å². The van der Waals surface area contributed by atoms with Gasteiger partial charge in [-0.2, -0.15) is 0 Å². The van der Waals surface area contributed by atoms with Crippen LogP contribution in [0.4, 0.5) is 0 Å². The van der Waals surface area contributed by atoms with Crippen molar-refractivity contribution in [3.05, 3.63) is 58.9 Å². The molecule has 1 saturated carbocycles. The van der Waals surface area contributed by atoms with Gasteiger partial charge in [0.05, 0.1) is 6.54 Å². The van der Waals surface area contributed by atoms with Crippen LogP contribution in [0.3, 0.4) is 0 Å². The van der Waals surface area contributed by atoms with Gasteiger partial charge in [0.1, 0.15) is 0 Å². The third kappa shape index (κ3) is 3.49. The van der Waals surface area contributed by atoms with E-state index >= 15 is 0 Å². The fraction of sp³-hybridized carbons (Fsp3) is 0.476. The lowest BCUT2D eigenvalue weighted by Gasteiger charge is -2.36. The number of hydrogen-bond donors (Lipinski definition) is 1. The molecule has 0 radical (unpaired) electrons. The fourth-order valence-corrected chi connectivity index (χ4v) is 3.95. The summed E-state index contributed by atoms with van der Waals surface area (Å²) in [6.45, 7) is 2.86. The summed E-state index contributed by atoms with van der Waals surface area (Å²) >= 11 is 0. The molecule has 1 aromatic carbocycles. The highest BCUT2D eigenvalue weighted by Gasteiger charge is 2.26. The second kappa shape index (κ2) is 7.04. The molecular weight excluding hydrogens is 310 g/mol. The molecule has 1 aliphatic heterocycles. The van der Waals surface area contributed by atoms with E-state index < -0.39 is 0 Å². The Hall–Kier alpha value is -2.07. The molecule has 2 aromatic rings. The number of aryl methyl sites for hydroxylation is 1. The molecule has 0 unspecified atom stereocenters. The van der Waals surface area contributed by atoms with E-state index in [4.69, 9.17) is 0 Å². The zero-order valence-corrected chi connectivity index (χ0v) is 15.0. The number of aromatic nitrogens is 1. The van der Waals surface area contributed by atoms with E-state index in [2.05, 4.69) is 22.3 Å². The molecule has 0 bridgehead atoms. The number of hydrogen-bond acceptors (Lipinski definition) is 2. The van der Waals surface area contributed by atoms with E-state index in [0.29, 0.717) is 6.54 Å². The second-order valence-electron chi connectivity index (χ2n) is 7.40. The van der Waals surface area contributed by atoms with Crippen LogP contribution in [-0.2, 0) is 26.4 Å². The van der Waals surface area contributed by atoms with Crippen LogP contribution >= 0.6 is 0 Å². The minimum atomic E-state index is 0.0177. The number of amides is 1. The van der Waals surface area contributed by atoms with Crippen LogP contribution in [0.5, 0.6) is 0 Å². The van der Waals surface area contributed by atoms with Crippen molar-refractivity contribution in [2.24, 2.45) is 7.05 Å². The predicted molar refractivity (Wildman–Crippen MR) is 99.6 cm³/mol. The van der Waals surface area contributed by atoms with E-state index in [1.165, 1.54) is 30.4 Å². The summed E-state index contributed by atoms with van der Waals surface area (Å²) < 4.78 is 2.03. The van der Waals surface area contributed by atoms with Gasteiger partial charge in [-0.1, -0.05) is 12.5 Å². The van der Waals surface area contributed by atoms with Crippen LogP contribution in [0.1, 0.15) is 46.4 Å². The standard InChI is InChI=1S/C21H27N3O/c1-23-11-3-6-20(23)15-22-21(25)18-8-7-16-9-12-24(19-4-2-5-19)13-10-17(16)14-18/h3,6-8,11,14,19H,2,4-5,9-10,12-13,15H2,1H3,(H,22,25). The maximum atomic E-state index is 12.5. The monoisotopic (exact) mass is 337 g/mol. The quantitative estimate of drug-likeness (QED) is 0.931. The summed E-state index contributed by atoms with van der Waals surface area (Å²) in [4.78, 5) is 15.2. The van der Waals surface area contributed by atoms with Gasteiger partial charge in [0.15, 0.2) is 0 Å². The largest absolute Gasteiger partial charge is 0.353 e. The molecule has 0 saturated heterocycles. The smallest absolute Gasteiger partial charge is 0.251 e. The molecule has 4 heteroatoms. The molecule has 1 amide bonds. The van der Waals surface area contributed by atoms with Crippen molar-refractivity contribution in [2.45, 2.75) is 44.7 Å². The Labute approximate surface area is 149 Å². The third-order valence-electron chi connectivity index (χ3n) is 5.88. The average molecular weight is 337 g/mol. The number of fused-ring (bicyclic) bond motifs is 1. The molecule has 0 spiro atoms. The first-order chi connectivity index (χ1) is 12.2. The number of nitrogens with zero attached hydrogens (tertiary/aromatic N) is 2. The van der Waals surface area contributed by atoms with E-state index in [-0.39, 0.29) is 5.91 Å². The predicted octanol–water partition coefficient (Wildman–Crippen LogP) is 2.91. The molecule has 1 aromatic heterocycles. The van der Waals surface area contributed by atoms with Crippen LogP contribution in [0.25, 0.3) is 0 Å². The highest BCUT2D eigenvalue weighted by Crippen LogP contribution is 2.27. The molecular formula is C21H27N3O. The van der Waals surface area contributed by atoms with E-state index in [1.54, 1.807) is 0 Å². The lowest BCUT2D eigenvalue weighted by atomic mass is 9.91. The molecule has 4 nitrogen and oxygen atoms in total. The number of carbonyl (C=O) groups excluding carboxylic acids is 1.